The molecular formula is C24H24ClN3O5S. The van der Waals surface area contributed by atoms with Gasteiger partial charge in [0.25, 0.3) is 5.91 Å². The molecule has 0 spiro atoms. The Kier molecular flexibility index (Phi) is 7.77. The minimum atomic E-state index is -0.304. The first-order chi connectivity index (χ1) is 16.5. The maximum Gasteiger partial charge on any atom is 0.283 e. The van der Waals surface area contributed by atoms with E-state index in [-0.39, 0.29) is 23.3 Å². The first-order valence-corrected chi connectivity index (χ1v) is 12.0. The number of methoxy groups -OCH3 is 2. The summed E-state index contributed by atoms with van der Waals surface area (Å²) in [6.07, 6.45) is 1.71. The number of hydrogen-bond donors (Lipinski definition) is 0. The second-order valence-corrected chi connectivity index (χ2v) is 8.79. The number of carbonyl (C=O) groups excluding carboxylic acids is 2. The Hall–Kier alpha value is -3.01. The van der Waals surface area contributed by atoms with Crippen molar-refractivity contribution in [1.82, 2.24) is 4.90 Å². The van der Waals surface area contributed by atoms with E-state index in [1.165, 1.54) is 23.8 Å². The summed E-state index contributed by atoms with van der Waals surface area (Å²) in [5, 5.41) is 0.844. The molecule has 0 radical (unpaired) electrons. The molecule has 2 aliphatic heterocycles. The number of benzene rings is 2. The van der Waals surface area contributed by atoms with E-state index < -0.39 is 0 Å². The summed E-state index contributed by atoms with van der Waals surface area (Å²) in [6.45, 7) is 2.18. The lowest BCUT2D eigenvalue weighted by Crippen LogP contribution is -2.42. The quantitative estimate of drug-likeness (QED) is 0.561. The average Bonchev–Trinajstić information content (AvgIpc) is 3.18. The number of amides is 2. The van der Waals surface area contributed by atoms with Crippen molar-refractivity contribution in [3.05, 3.63) is 58.7 Å². The lowest BCUT2D eigenvalue weighted by Gasteiger charge is -2.27. The van der Waals surface area contributed by atoms with Crippen LogP contribution >= 0.6 is 23.4 Å². The van der Waals surface area contributed by atoms with Gasteiger partial charge < -0.3 is 19.1 Å². The van der Waals surface area contributed by atoms with Gasteiger partial charge in [-0.3, -0.25) is 14.5 Å². The van der Waals surface area contributed by atoms with Gasteiger partial charge in [-0.1, -0.05) is 35.5 Å². The van der Waals surface area contributed by atoms with Crippen molar-refractivity contribution in [3.63, 3.8) is 0 Å². The maximum absolute atomic E-state index is 13.4. The van der Waals surface area contributed by atoms with E-state index in [9.17, 15) is 9.59 Å². The Morgan fingerprint density at radius 3 is 2.56 bits per heavy atom. The number of thioether (sulfide) groups is 1. The lowest BCUT2D eigenvalue weighted by atomic mass is 10.2. The third-order valence-electron chi connectivity index (χ3n) is 5.33. The van der Waals surface area contributed by atoms with Crippen molar-refractivity contribution in [2.45, 2.75) is 0 Å². The van der Waals surface area contributed by atoms with Gasteiger partial charge in [-0.05, 0) is 35.9 Å². The number of amidine groups is 1. The van der Waals surface area contributed by atoms with Crippen LogP contribution in [0.4, 0.5) is 5.69 Å². The SMILES string of the molecule is COc1ccc(/C=C2\N=C(SCC(=O)N3CCOCC3)N(c3ccc(Cl)c(OC)c3)C2=O)cc1. The van der Waals surface area contributed by atoms with Crippen molar-refractivity contribution in [2.75, 3.05) is 51.2 Å². The molecule has 0 N–H and O–H groups in total. The molecule has 2 aliphatic rings. The van der Waals surface area contributed by atoms with Crippen LogP contribution in [0.3, 0.4) is 0 Å². The molecule has 2 aromatic rings. The van der Waals surface area contributed by atoms with E-state index in [1.54, 1.807) is 36.3 Å². The van der Waals surface area contributed by atoms with E-state index in [4.69, 9.17) is 25.8 Å². The highest BCUT2D eigenvalue weighted by atomic mass is 35.5. The number of carbonyl (C=O) groups is 2. The first-order valence-electron chi connectivity index (χ1n) is 10.6. The topological polar surface area (TPSA) is 80.7 Å². The van der Waals surface area contributed by atoms with Gasteiger partial charge in [0, 0.05) is 19.2 Å². The summed E-state index contributed by atoms with van der Waals surface area (Å²) in [6, 6.07) is 12.4. The van der Waals surface area contributed by atoms with Gasteiger partial charge in [0.15, 0.2) is 5.17 Å². The van der Waals surface area contributed by atoms with Gasteiger partial charge >= 0.3 is 0 Å². The predicted molar refractivity (Wildman–Crippen MR) is 134 cm³/mol. The number of rotatable bonds is 6. The highest BCUT2D eigenvalue weighted by Gasteiger charge is 2.33. The second kappa shape index (κ2) is 10.9. The molecule has 1 fully saturated rings. The van der Waals surface area contributed by atoms with Gasteiger partial charge in [-0.15, -0.1) is 0 Å². The number of ether oxygens (including phenoxy) is 3. The van der Waals surface area contributed by atoms with E-state index >= 15 is 0 Å². The monoisotopic (exact) mass is 501 g/mol. The van der Waals surface area contributed by atoms with Crippen LogP contribution in [0.2, 0.25) is 5.02 Å². The number of halogens is 1. The largest absolute Gasteiger partial charge is 0.497 e. The van der Waals surface area contributed by atoms with E-state index in [1.807, 2.05) is 24.3 Å². The fraction of sp³-hybridized carbons (Fsp3) is 0.292. The van der Waals surface area contributed by atoms with Crippen molar-refractivity contribution >= 4 is 52.1 Å². The zero-order chi connectivity index (χ0) is 24.1. The molecule has 8 nitrogen and oxygen atoms in total. The Morgan fingerprint density at radius 1 is 1.15 bits per heavy atom. The predicted octanol–water partition coefficient (Wildman–Crippen LogP) is 3.69. The van der Waals surface area contributed by atoms with Gasteiger partial charge in [-0.25, -0.2) is 4.99 Å². The number of anilines is 1. The van der Waals surface area contributed by atoms with Crippen LogP contribution in [0.15, 0.2) is 53.2 Å². The van der Waals surface area contributed by atoms with Crippen LogP contribution in [-0.2, 0) is 14.3 Å². The zero-order valence-corrected chi connectivity index (χ0v) is 20.4. The molecule has 4 rings (SSSR count). The molecule has 10 heteroatoms. The molecule has 2 aromatic carbocycles. The third kappa shape index (κ3) is 5.38. The fourth-order valence-electron chi connectivity index (χ4n) is 3.50. The summed E-state index contributed by atoms with van der Waals surface area (Å²) in [4.78, 5) is 33.9. The van der Waals surface area contributed by atoms with Crippen LogP contribution < -0.4 is 14.4 Å². The standard InChI is InChI=1S/C24H24ClN3O5S/c1-31-18-6-3-16(4-7-18)13-20-23(30)28(17-5-8-19(25)21(14-17)32-2)24(26-20)34-15-22(29)27-9-11-33-12-10-27/h3-8,13-14H,9-12,15H2,1-2H3/b20-13-. The Morgan fingerprint density at radius 2 is 1.88 bits per heavy atom. The fourth-order valence-corrected chi connectivity index (χ4v) is 4.61. The zero-order valence-electron chi connectivity index (χ0n) is 18.8. The molecule has 0 saturated carbocycles. The van der Waals surface area contributed by atoms with Crippen LogP contribution in [0.5, 0.6) is 11.5 Å². The van der Waals surface area contributed by atoms with Crippen LogP contribution in [0, 0.1) is 0 Å². The molecule has 0 aromatic heterocycles. The molecule has 178 valence electrons. The van der Waals surface area contributed by atoms with Gasteiger partial charge in [0.1, 0.15) is 17.2 Å². The van der Waals surface area contributed by atoms with Gasteiger partial charge in [-0.2, -0.15) is 0 Å². The summed E-state index contributed by atoms with van der Waals surface area (Å²) < 4.78 is 15.8. The molecule has 0 atom stereocenters. The average molecular weight is 502 g/mol. The highest BCUT2D eigenvalue weighted by molar-refractivity contribution is 8.14. The molecule has 0 bridgehead atoms. The smallest absolute Gasteiger partial charge is 0.283 e. The molecule has 2 amide bonds. The summed E-state index contributed by atoms with van der Waals surface area (Å²) in [5.74, 6) is 0.985. The van der Waals surface area contributed by atoms with Crippen molar-refractivity contribution in [1.29, 1.82) is 0 Å². The molecule has 2 heterocycles. The lowest BCUT2D eigenvalue weighted by molar-refractivity contribution is -0.132. The molecule has 0 aliphatic carbocycles. The van der Waals surface area contributed by atoms with E-state index in [0.717, 1.165) is 11.3 Å². The van der Waals surface area contributed by atoms with Crippen molar-refractivity contribution in [3.8, 4) is 11.5 Å². The minimum absolute atomic E-state index is 0.0235. The van der Waals surface area contributed by atoms with Crippen molar-refractivity contribution in [2.24, 2.45) is 4.99 Å². The highest BCUT2D eigenvalue weighted by Crippen LogP contribution is 2.34. The van der Waals surface area contributed by atoms with Gasteiger partial charge in [0.2, 0.25) is 5.91 Å². The van der Waals surface area contributed by atoms with E-state index in [0.29, 0.717) is 47.9 Å². The maximum atomic E-state index is 13.4. The minimum Gasteiger partial charge on any atom is -0.497 e. The van der Waals surface area contributed by atoms with Crippen molar-refractivity contribution < 1.29 is 23.8 Å². The molecule has 34 heavy (non-hydrogen) atoms. The third-order valence-corrected chi connectivity index (χ3v) is 6.57. The summed E-state index contributed by atoms with van der Waals surface area (Å²) in [5.41, 5.74) is 1.62. The van der Waals surface area contributed by atoms with Crippen LogP contribution in [0.1, 0.15) is 5.56 Å². The number of morpholine rings is 1. The molecule has 0 unspecified atom stereocenters. The Labute approximate surface area is 207 Å². The normalized spacial score (nSPS) is 17.2. The molecular weight excluding hydrogens is 478 g/mol. The van der Waals surface area contributed by atoms with Crippen LogP contribution in [-0.4, -0.2) is 68.2 Å². The van der Waals surface area contributed by atoms with Crippen LogP contribution in [0.25, 0.3) is 6.08 Å². The Balaban J connectivity index is 1.62. The molecule has 1 saturated heterocycles. The number of nitrogens with zero attached hydrogens (tertiary/aromatic N) is 3. The van der Waals surface area contributed by atoms with E-state index in [2.05, 4.69) is 4.99 Å². The second-order valence-electron chi connectivity index (χ2n) is 7.44. The first kappa shape index (κ1) is 24.1. The summed E-state index contributed by atoms with van der Waals surface area (Å²) >= 11 is 7.40. The van der Waals surface area contributed by atoms with Gasteiger partial charge in [0.05, 0.1) is 43.9 Å². The Bertz CT molecular complexity index is 1130. The number of aliphatic imine (C=N–C) groups is 1. The summed E-state index contributed by atoms with van der Waals surface area (Å²) in [7, 11) is 3.11. The number of hydrogen-bond acceptors (Lipinski definition) is 7.